The minimum atomic E-state index is -0.360. The van der Waals surface area contributed by atoms with Gasteiger partial charge in [-0.05, 0) is 43.4 Å². The number of pyridine rings is 1. The zero-order chi connectivity index (χ0) is 20.5. The highest BCUT2D eigenvalue weighted by Gasteiger charge is 2.32. The van der Waals surface area contributed by atoms with Crippen molar-refractivity contribution in [2.75, 3.05) is 21.3 Å². The summed E-state index contributed by atoms with van der Waals surface area (Å²) in [6.07, 6.45) is 4.07. The Balaban J connectivity index is 1.60. The highest BCUT2D eigenvalue weighted by Crippen LogP contribution is 2.49. The van der Waals surface area contributed by atoms with Crippen LogP contribution in [0.4, 0.5) is 0 Å². The van der Waals surface area contributed by atoms with E-state index in [1.807, 2.05) is 13.0 Å². The molecular formula is C21H23N3O4S. The molecule has 3 aromatic rings. The molecule has 4 rings (SSSR count). The molecule has 1 saturated carbocycles. The summed E-state index contributed by atoms with van der Waals surface area (Å²) in [6.45, 7) is 1.88. The molecule has 2 heterocycles. The number of hydrogen-bond acceptors (Lipinski definition) is 7. The minimum Gasteiger partial charge on any atom is -0.495 e. The summed E-state index contributed by atoms with van der Waals surface area (Å²) in [5.41, 5.74) is 4.96. The summed E-state index contributed by atoms with van der Waals surface area (Å²) in [6, 6.07) is 3.67. The first-order chi connectivity index (χ1) is 14.0. The molecule has 0 unspecified atom stereocenters. The molecule has 0 atom stereocenters. The summed E-state index contributed by atoms with van der Waals surface area (Å²) < 4.78 is 16.0. The van der Waals surface area contributed by atoms with Gasteiger partial charge in [0.25, 0.3) is 0 Å². The summed E-state index contributed by atoms with van der Waals surface area (Å²) in [5.74, 6) is 2.32. The quantitative estimate of drug-likeness (QED) is 0.458. The van der Waals surface area contributed by atoms with Gasteiger partial charge in [-0.25, -0.2) is 9.78 Å². The zero-order valence-corrected chi connectivity index (χ0v) is 17.7. The van der Waals surface area contributed by atoms with Crippen LogP contribution in [0.1, 0.15) is 45.9 Å². The predicted molar refractivity (Wildman–Crippen MR) is 111 cm³/mol. The smallest absolute Gasteiger partial charge is 0.338 e. The standard InChI is InChI=1S/C21H23N3O4S/c1-11-7-14-15(8-13(11)20(25)28-4)24-21(23-14)29-10-16-19(27-3)18(12-5-6-12)17(26-2)9-22-16/h7-9,12H,5-6,10H2,1-4H3,(H,23,24). The molecule has 0 radical (unpaired) electrons. The van der Waals surface area contributed by atoms with Gasteiger partial charge in [-0.1, -0.05) is 11.8 Å². The van der Waals surface area contributed by atoms with Gasteiger partial charge in [0.15, 0.2) is 5.16 Å². The van der Waals surface area contributed by atoms with Crippen molar-refractivity contribution in [3.63, 3.8) is 0 Å². The fourth-order valence-corrected chi connectivity index (χ4v) is 4.28. The Morgan fingerprint density at radius 1 is 1.24 bits per heavy atom. The van der Waals surface area contributed by atoms with Gasteiger partial charge in [-0.15, -0.1) is 0 Å². The molecule has 152 valence electrons. The van der Waals surface area contributed by atoms with Gasteiger partial charge in [0.05, 0.1) is 49.8 Å². The number of methoxy groups -OCH3 is 3. The lowest BCUT2D eigenvalue weighted by Crippen LogP contribution is -2.03. The van der Waals surface area contributed by atoms with Gasteiger partial charge >= 0.3 is 5.97 Å². The van der Waals surface area contributed by atoms with E-state index in [0.717, 1.165) is 57.4 Å². The van der Waals surface area contributed by atoms with Gasteiger partial charge < -0.3 is 19.2 Å². The third-order valence-corrected chi connectivity index (χ3v) is 5.96. The Morgan fingerprint density at radius 3 is 2.69 bits per heavy atom. The topological polar surface area (TPSA) is 86.3 Å². The molecule has 1 N–H and O–H groups in total. The van der Waals surface area contributed by atoms with Crippen molar-refractivity contribution in [1.29, 1.82) is 0 Å². The second kappa shape index (κ2) is 7.94. The monoisotopic (exact) mass is 413 g/mol. The van der Waals surface area contributed by atoms with Crippen LogP contribution in [-0.2, 0) is 10.5 Å². The van der Waals surface area contributed by atoms with Gasteiger partial charge in [0.2, 0.25) is 0 Å². The van der Waals surface area contributed by atoms with E-state index in [1.54, 1.807) is 38.2 Å². The number of esters is 1. The number of hydrogen-bond donors (Lipinski definition) is 1. The average molecular weight is 413 g/mol. The molecule has 1 aliphatic rings. The molecule has 1 fully saturated rings. The Morgan fingerprint density at radius 2 is 2.03 bits per heavy atom. The number of carbonyl (C=O) groups is 1. The van der Waals surface area contributed by atoms with Gasteiger partial charge in [-0.2, -0.15) is 0 Å². The second-order valence-corrected chi connectivity index (χ2v) is 7.97. The highest BCUT2D eigenvalue weighted by atomic mass is 32.2. The number of H-pyrrole nitrogens is 1. The van der Waals surface area contributed by atoms with Crippen molar-refractivity contribution in [1.82, 2.24) is 15.0 Å². The molecule has 0 aliphatic heterocycles. The van der Waals surface area contributed by atoms with Crippen LogP contribution in [0.2, 0.25) is 0 Å². The van der Waals surface area contributed by atoms with Crippen LogP contribution in [0.3, 0.4) is 0 Å². The number of imidazole rings is 1. The van der Waals surface area contributed by atoms with Crippen molar-refractivity contribution in [2.45, 2.75) is 36.6 Å². The molecule has 1 aliphatic carbocycles. The highest BCUT2D eigenvalue weighted by molar-refractivity contribution is 7.98. The lowest BCUT2D eigenvalue weighted by molar-refractivity contribution is 0.0600. The number of benzene rings is 1. The van der Waals surface area contributed by atoms with E-state index in [9.17, 15) is 4.79 Å². The predicted octanol–water partition coefficient (Wildman–Crippen LogP) is 4.24. The molecule has 8 heteroatoms. The molecule has 2 aromatic heterocycles. The van der Waals surface area contributed by atoms with E-state index in [2.05, 4.69) is 15.0 Å². The van der Waals surface area contributed by atoms with E-state index >= 15 is 0 Å². The lowest BCUT2D eigenvalue weighted by Gasteiger charge is -2.15. The van der Waals surface area contributed by atoms with Gasteiger partial charge in [0, 0.05) is 11.3 Å². The molecule has 0 spiro atoms. The van der Waals surface area contributed by atoms with E-state index in [4.69, 9.17) is 14.2 Å². The maximum absolute atomic E-state index is 11.9. The van der Waals surface area contributed by atoms with Gasteiger partial charge in [-0.3, -0.25) is 4.98 Å². The molecular weight excluding hydrogens is 390 g/mol. The van der Waals surface area contributed by atoms with Gasteiger partial charge in [0.1, 0.15) is 11.5 Å². The SMILES string of the molecule is COC(=O)c1cc2nc(SCc3ncc(OC)c(C4CC4)c3OC)[nH]c2cc1C. The maximum Gasteiger partial charge on any atom is 0.338 e. The second-order valence-electron chi connectivity index (χ2n) is 7.00. The van der Waals surface area contributed by atoms with Crippen LogP contribution in [0, 0.1) is 6.92 Å². The molecule has 0 saturated heterocycles. The third kappa shape index (κ3) is 3.76. The summed E-state index contributed by atoms with van der Waals surface area (Å²) in [4.78, 5) is 24.4. The summed E-state index contributed by atoms with van der Waals surface area (Å²) in [7, 11) is 4.72. The first-order valence-corrected chi connectivity index (χ1v) is 10.4. The Hall–Kier alpha value is -2.74. The normalized spacial score (nSPS) is 13.5. The van der Waals surface area contributed by atoms with Crippen molar-refractivity contribution in [2.24, 2.45) is 0 Å². The number of fused-ring (bicyclic) bond motifs is 1. The van der Waals surface area contributed by atoms with E-state index in [0.29, 0.717) is 17.2 Å². The molecule has 1 aromatic carbocycles. The fourth-order valence-electron chi connectivity index (χ4n) is 3.46. The number of aryl methyl sites for hydroxylation is 1. The Bertz CT molecular complexity index is 1080. The summed E-state index contributed by atoms with van der Waals surface area (Å²) in [5, 5.41) is 0.758. The van der Waals surface area contributed by atoms with Crippen LogP contribution >= 0.6 is 11.8 Å². The molecule has 7 nitrogen and oxygen atoms in total. The van der Waals surface area contributed by atoms with E-state index in [1.165, 1.54) is 7.11 Å². The van der Waals surface area contributed by atoms with Crippen LogP contribution in [0.15, 0.2) is 23.5 Å². The van der Waals surface area contributed by atoms with Crippen LogP contribution in [0.25, 0.3) is 11.0 Å². The Labute approximate surface area is 173 Å². The minimum absolute atomic E-state index is 0.360. The number of carbonyl (C=O) groups excluding carboxylic acids is 1. The zero-order valence-electron chi connectivity index (χ0n) is 16.9. The van der Waals surface area contributed by atoms with Crippen molar-refractivity contribution in [3.05, 3.63) is 40.7 Å². The summed E-state index contributed by atoms with van der Waals surface area (Å²) >= 11 is 1.54. The molecule has 29 heavy (non-hydrogen) atoms. The first kappa shape index (κ1) is 19.6. The Kier molecular flexibility index (Phi) is 5.36. The number of thioether (sulfide) groups is 1. The number of rotatable bonds is 7. The third-order valence-electron chi connectivity index (χ3n) is 5.08. The lowest BCUT2D eigenvalue weighted by atomic mass is 10.1. The first-order valence-electron chi connectivity index (χ1n) is 9.37. The van der Waals surface area contributed by atoms with E-state index < -0.39 is 0 Å². The van der Waals surface area contributed by atoms with Crippen molar-refractivity contribution < 1.29 is 19.0 Å². The number of aromatic amines is 1. The number of aromatic nitrogens is 3. The van der Waals surface area contributed by atoms with Crippen LogP contribution in [0.5, 0.6) is 11.5 Å². The van der Waals surface area contributed by atoms with Crippen molar-refractivity contribution >= 4 is 28.8 Å². The molecule has 0 amide bonds. The van der Waals surface area contributed by atoms with E-state index in [-0.39, 0.29) is 5.97 Å². The van der Waals surface area contributed by atoms with Crippen molar-refractivity contribution in [3.8, 4) is 11.5 Å². The molecule has 0 bridgehead atoms. The van der Waals surface area contributed by atoms with Crippen LogP contribution in [-0.4, -0.2) is 42.3 Å². The fraction of sp³-hybridized carbons (Fsp3) is 0.381. The number of ether oxygens (including phenoxy) is 3. The average Bonchev–Trinajstić information content (AvgIpc) is 3.50. The number of nitrogens with one attached hydrogen (secondary N) is 1. The largest absolute Gasteiger partial charge is 0.495 e. The number of nitrogens with zero attached hydrogens (tertiary/aromatic N) is 2. The van der Waals surface area contributed by atoms with Crippen LogP contribution < -0.4 is 9.47 Å². The maximum atomic E-state index is 11.9.